The molecule has 1 saturated carbocycles. The summed E-state index contributed by atoms with van der Waals surface area (Å²) >= 11 is 5.84. The van der Waals surface area contributed by atoms with Crippen molar-refractivity contribution in [3.05, 3.63) is 53.6 Å². The molecule has 2 N–H and O–H groups in total. The molecule has 1 aromatic carbocycles. The fraction of sp³-hybridized carbons (Fsp3) is 0.421. The smallest absolute Gasteiger partial charge is 0.303 e. The normalized spacial score (nSPS) is 27.4. The quantitative estimate of drug-likeness (QED) is 0.520. The van der Waals surface area contributed by atoms with Gasteiger partial charge < -0.3 is 5.11 Å². The number of unbranched alkanes of at least 4 members (excludes halogenated alkanes) is 1. The first-order valence-corrected chi connectivity index (χ1v) is 10.6. The molecular weight excluding hydrogens is 374 g/mol. The molecule has 0 aromatic heterocycles. The topological polar surface area (TPSA) is 83.5 Å². The van der Waals surface area contributed by atoms with Crippen LogP contribution < -0.4 is 4.72 Å². The number of carbonyl (C=O) groups is 1. The molecule has 0 spiro atoms. The first-order chi connectivity index (χ1) is 12.4. The third-order valence-corrected chi connectivity index (χ3v) is 6.78. The summed E-state index contributed by atoms with van der Waals surface area (Å²) < 4.78 is 28.3. The maximum absolute atomic E-state index is 12.7. The molecule has 0 amide bonds. The fourth-order valence-electron chi connectivity index (χ4n) is 3.77. The minimum Gasteiger partial charge on any atom is -0.481 e. The molecule has 0 unspecified atom stereocenters. The summed E-state index contributed by atoms with van der Waals surface area (Å²) in [5, 5.41) is 9.18. The van der Waals surface area contributed by atoms with Crippen LogP contribution in [0.25, 0.3) is 0 Å². The van der Waals surface area contributed by atoms with Crippen LogP contribution >= 0.6 is 11.6 Å². The highest BCUT2D eigenvalue weighted by molar-refractivity contribution is 7.89. The van der Waals surface area contributed by atoms with Gasteiger partial charge in [0, 0.05) is 23.4 Å². The minimum absolute atomic E-state index is 0.0944. The summed E-state index contributed by atoms with van der Waals surface area (Å²) in [7, 11) is -3.62. The highest BCUT2D eigenvalue weighted by Crippen LogP contribution is 2.45. The van der Waals surface area contributed by atoms with E-state index in [2.05, 4.69) is 16.9 Å². The molecule has 140 valence electrons. The Hall–Kier alpha value is -1.63. The Kier molecular flexibility index (Phi) is 5.85. The van der Waals surface area contributed by atoms with Crippen LogP contribution in [0.2, 0.25) is 5.02 Å². The Balaban J connectivity index is 1.69. The second-order valence-electron chi connectivity index (χ2n) is 6.84. The molecule has 26 heavy (non-hydrogen) atoms. The molecule has 0 saturated heterocycles. The lowest BCUT2D eigenvalue weighted by atomic mass is 9.89. The molecule has 2 aliphatic carbocycles. The predicted molar refractivity (Wildman–Crippen MR) is 100 cm³/mol. The first kappa shape index (κ1) is 19.1. The second kappa shape index (κ2) is 7.94. The van der Waals surface area contributed by atoms with E-state index in [9.17, 15) is 13.2 Å². The first-order valence-electron chi connectivity index (χ1n) is 8.71. The number of carboxylic acids is 1. The number of allylic oxidation sites excluding steroid dienone is 2. The largest absolute Gasteiger partial charge is 0.481 e. The van der Waals surface area contributed by atoms with E-state index in [1.165, 1.54) is 12.1 Å². The minimum atomic E-state index is -3.62. The van der Waals surface area contributed by atoms with Crippen molar-refractivity contribution in [3.63, 3.8) is 0 Å². The molecule has 1 fully saturated rings. The van der Waals surface area contributed by atoms with Gasteiger partial charge in [-0.05, 0) is 55.4 Å². The molecule has 0 radical (unpaired) electrons. The van der Waals surface area contributed by atoms with Gasteiger partial charge in [-0.25, -0.2) is 13.1 Å². The fourth-order valence-corrected chi connectivity index (χ4v) is 5.22. The van der Waals surface area contributed by atoms with Crippen molar-refractivity contribution in [3.8, 4) is 0 Å². The van der Waals surface area contributed by atoms with E-state index in [0.29, 0.717) is 23.8 Å². The number of halogens is 1. The van der Waals surface area contributed by atoms with Crippen molar-refractivity contribution in [1.29, 1.82) is 0 Å². The summed E-state index contributed by atoms with van der Waals surface area (Å²) in [5.74, 6) is -0.184. The number of rotatable bonds is 8. The van der Waals surface area contributed by atoms with Crippen molar-refractivity contribution >= 4 is 27.6 Å². The van der Waals surface area contributed by atoms with E-state index in [-0.39, 0.29) is 29.2 Å². The molecule has 2 aliphatic rings. The zero-order chi connectivity index (χ0) is 18.7. The monoisotopic (exact) mass is 395 g/mol. The lowest BCUT2D eigenvalue weighted by Crippen LogP contribution is -2.42. The van der Waals surface area contributed by atoms with Gasteiger partial charge in [0.25, 0.3) is 0 Å². The van der Waals surface area contributed by atoms with Crippen LogP contribution in [0.15, 0.2) is 53.5 Å². The average Bonchev–Trinajstić information content (AvgIpc) is 3.17. The molecule has 7 heteroatoms. The lowest BCUT2D eigenvalue weighted by molar-refractivity contribution is -0.137. The number of carboxylic acid groups (broad SMARTS) is 1. The van der Waals surface area contributed by atoms with Crippen molar-refractivity contribution < 1.29 is 18.3 Å². The third kappa shape index (κ3) is 4.37. The van der Waals surface area contributed by atoms with Crippen LogP contribution in [0.5, 0.6) is 0 Å². The average molecular weight is 396 g/mol. The highest BCUT2D eigenvalue weighted by Gasteiger charge is 2.44. The summed E-state index contributed by atoms with van der Waals surface area (Å²) in [5.41, 5.74) is 0. The zero-order valence-corrected chi connectivity index (χ0v) is 15.8. The van der Waals surface area contributed by atoms with E-state index in [1.54, 1.807) is 12.1 Å². The number of sulfonamides is 1. The number of hydrogen-bond acceptors (Lipinski definition) is 3. The Morgan fingerprint density at radius 2 is 1.92 bits per heavy atom. The van der Waals surface area contributed by atoms with E-state index >= 15 is 0 Å². The number of hydrogen-bond donors (Lipinski definition) is 2. The van der Waals surface area contributed by atoms with Crippen molar-refractivity contribution in [2.75, 3.05) is 0 Å². The van der Waals surface area contributed by atoms with Crippen LogP contribution in [0.3, 0.4) is 0 Å². The summed E-state index contributed by atoms with van der Waals surface area (Å²) in [6.45, 7) is 0. The van der Waals surface area contributed by atoms with Gasteiger partial charge in [0.15, 0.2) is 0 Å². The molecule has 0 heterocycles. The standard InChI is InChI=1S/C19H22ClNO4S/c20-15-8-10-16(11-9-15)26(24,25)21-19-14-7-6-13(12-14)17(19)4-2-1-3-5-18(22)23/h2,4,6-11,13-14,17,19,21H,1,3,5,12H2,(H,22,23)/b4-2-/t13-,14+,17-,19+/m1/s1. The Bertz CT molecular complexity index is 816. The van der Waals surface area contributed by atoms with Crippen LogP contribution in [0.4, 0.5) is 0 Å². The van der Waals surface area contributed by atoms with Crippen LogP contribution in [-0.4, -0.2) is 25.5 Å². The summed E-state index contributed by atoms with van der Waals surface area (Å²) in [6, 6.07) is 5.96. The van der Waals surface area contributed by atoms with E-state index in [1.807, 2.05) is 12.2 Å². The maximum atomic E-state index is 12.7. The van der Waals surface area contributed by atoms with Gasteiger partial charge >= 0.3 is 5.97 Å². The van der Waals surface area contributed by atoms with Gasteiger partial charge in [0.1, 0.15) is 0 Å². The summed E-state index contributed by atoms with van der Waals surface area (Å²) in [4.78, 5) is 10.8. The molecule has 5 nitrogen and oxygen atoms in total. The van der Waals surface area contributed by atoms with Gasteiger partial charge in [-0.2, -0.15) is 0 Å². The molecular formula is C19H22ClNO4S. The second-order valence-corrected chi connectivity index (χ2v) is 8.99. The Labute approximate surface area is 158 Å². The lowest BCUT2D eigenvalue weighted by Gasteiger charge is -2.26. The third-order valence-electron chi connectivity index (χ3n) is 5.06. The molecule has 4 atom stereocenters. The van der Waals surface area contributed by atoms with Gasteiger partial charge in [-0.15, -0.1) is 0 Å². The Morgan fingerprint density at radius 3 is 2.62 bits per heavy atom. The van der Waals surface area contributed by atoms with E-state index < -0.39 is 16.0 Å². The van der Waals surface area contributed by atoms with Crippen molar-refractivity contribution in [2.24, 2.45) is 17.8 Å². The Morgan fingerprint density at radius 1 is 1.23 bits per heavy atom. The van der Waals surface area contributed by atoms with Crippen LogP contribution in [0.1, 0.15) is 25.7 Å². The number of fused-ring (bicyclic) bond motifs is 2. The number of nitrogens with one attached hydrogen (secondary N) is 1. The maximum Gasteiger partial charge on any atom is 0.303 e. The molecule has 1 aromatic rings. The van der Waals surface area contributed by atoms with Crippen LogP contribution in [0, 0.1) is 17.8 Å². The predicted octanol–water partition coefficient (Wildman–Crippen LogP) is 3.62. The SMILES string of the molecule is O=C(O)CCC/C=C\[C@H]1[C@@H](NS(=O)(=O)c2ccc(Cl)cc2)[C@H]2C=C[C@@H]1C2. The molecule has 2 bridgehead atoms. The van der Waals surface area contributed by atoms with Crippen molar-refractivity contribution in [1.82, 2.24) is 4.72 Å². The number of benzene rings is 1. The highest BCUT2D eigenvalue weighted by atomic mass is 35.5. The van der Waals surface area contributed by atoms with Crippen molar-refractivity contribution in [2.45, 2.75) is 36.6 Å². The zero-order valence-electron chi connectivity index (χ0n) is 14.2. The molecule has 3 rings (SSSR count). The summed E-state index contributed by atoms with van der Waals surface area (Å²) in [6.07, 6.45) is 10.6. The number of aliphatic carboxylic acids is 1. The van der Waals surface area contributed by atoms with Gasteiger partial charge in [0.05, 0.1) is 4.90 Å². The van der Waals surface area contributed by atoms with Gasteiger partial charge in [-0.1, -0.05) is 35.9 Å². The van der Waals surface area contributed by atoms with E-state index in [0.717, 1.165) is 6.42 Å². The van der Waals surface area contributed by atoms with E-state index in [4.69, 9.17) is 16.7 Å². The molecule has 0 aliphatic heterocycles. The van der Waals surface area contributed by atoms with Crippen LogP contribution in [-0.2, 0) is 14.8 Å². The van der Waals surface area contributed by atoms with Gasteiger partial charge in [0.2, 0.25) is 10.0 Å². The van der Waals surface area contributed by atoms with Gasteiger partial charge in [-0.3, -0.25) is 4.79 Å².